The van der Waals surface area contributed by atoms with Crippen molar-refractivity contribution in [2.24, 2.45) is 5.41 Å². The highest BCUT2D eigenvalue weighted by Gasteiger charge is 2.43. The van der Waals surface area contributed by atoms with Gasteiger partial charge < -0.3 is 20.1 Å². The van der Waals surface area contributed by atoms with Gasteiger partial charge in [0.15, 0.2) is 0 Å². The van der Waals surface area contributed by atoms with Gasteiger partial charge in [0.05, 0.1) is 5.41 Å². The molecule has 2 atom stereocenters. The molecule has 0 radical (unpaired) electrons. The summed E-state index contributed by atoms with van der Waals surface area (Å²) < 4.78 is 5.77. The second-order valence-corrected chi connectivity index (χ2v) is 9.78. The molecule has 8 nitrogen and oxygen atoms in total. The van der Waals surface area contributed by atoms with E-state index in [1.165, 1.54) is 0 Å². The number of carboxylic acids is 2. The largest absolute Gasteiger partial charge is 0.478 e. The first-order valence-electron chi connectivity index (χ1n) is 12.7. The number of aliphatic hydroxyl groups is 1. The number of esters is 1. The summed E-state index contributed by atoms with van der Waals surface area (Å²) in [6, 6.07) is 20.2. The molecule has 2 aromatic rings. The lowest BCUT2D eigenvalue weighted by atomic mass is 9.69. The van der Waals surface area contributed by atoms with Gasteiger partial charge in [-0.15, -0.1) is 0 Å². The molecular weight excluding hydrogens is 486 g/mol. The molecule has 0 aliphatic heterocycles. The third-order valence-corrected chi connectivity index (χ3v) is 6.39. The molecule has 0 heterocycles. The fourth-order valence-electron chi connectivity index (χ4n) is 4.43. The fourth-order valence-corrected chi connectivity index (χ4v) is 4.43. The van der Waals surface area contributed by atoms with Crippen molar-refractivity contribution in [1.82, 2.24) is 4.90 Å². The highest BCUT2D eigenvalue weighted by atomic mass is 16.5. The summed E-state index contributed by atoms with van der Waals surface area (Å²) in [5.74, 6) is -2.34. The molecule has 0 spiro atoms. The number of benzene rings is 2. The summed E-state index contributed by atoms with van der Waals surface area (Å²) in [6.45, 7) is 11.5. The number of rotatable bonds is 13. The maximum atomic E-state index is 13.4. The van der Waals surface area contributed by atoms with Crippen LogP contribution in [0.4, 0.5) is 0 Å². The number of para-hydroxylation sites is 1. The molecule has 8 heteroatoms. The van der Waals surface area contributed by atoms with Crippen molar-refractivity contribution in [3.05, 3.63) is 78.4 Å². The Morgan fingerprint density at radius 2 is 1.34 bits per heavy atom. The number of ether oxygens (including phenoxy) is 1. The van der Waals surface area contributed by atoms with Gasteiger partial charge in [0.25, 0.3) is 0 Å². The standard InChI is InChI=1S/C26H37NO3.C4H4O4/c1-20(2)27(21(3)4)18-16-24(22-12-8-6-9-13-22)26(5,17-19-28)25(29)30-23-14-10-7-11-15-23;5-3(6)1-2-4(7)8/h6-15,20-21,24,28H,16-19H2,1-5H3;1-2H,(H,5,6)(H,7,8)/b;2-1+/t24-,26?;/m1./s1. The Kier molecular flexibility index (Phi) is 14.0. The van der Waals surface area contributed by atoms with E-state index < -0.39 is 17.4 Å². The minimum Gasteiger partial charge on any atom is -0.478 e. The van der Waals surface area contributed by atoms with Crippen molar-refractivity contribution >= 4 is 17.9 Å². The van der Waals surface area contributed by atoms with Crippen LogP contribution in [0.25, 0.3) is 0 Å². The first-order chi connectivity index (χ1) is 17.9. The molecule has 208 valence electrons. The van der Waals surface area contributed by atoms with E-state index in [0.717, 1.165) is 18.5 Å². The SMILES string of the molecule is CC(C)N(CC[C@H](c1ccccc1)C(C)(CCO)C(=O)Oc1ccccc1)C(C)C.O=C(O)/C=C/C(=O)O. The number of aliphatic carboxylic acids is 2. The van der Waals surface area contributed by atoms with Crippen LogP contribution in [-0.2, 0) is 14.4 Å². The van der Waals surface area contributed by atoms with Gasteiger partial charge in [-0.1, -0.05) is 48.5 Å². The van der Waals surface area contributed by atoms with Gasteiger partial charge in [0, 0.05) is 36.8 Å². The molecule has 0 fully saturated rings. The average Bonchev–Trinajstić information content (AvgIpc) is 2.86. The van der Waals surface area contributed by atoms with E-state index in [2.05, 4.69) is 44.7 Å². The highest BCUT2D eigenvalue weighted by molar-refractivity contribution is 5.89. The highest BCUT2D eigenvalue weighted by Crippen LogP contribution is 2.43. The van der Waals surface area contributed by atoms with Gasteiger partial charge in [-0.2, -0.15) is 0 Å². The fraction of sp³-hybridized carbons (Fsp3) is 0.433. The van der Waals surface area contributed by atoms with Crippen LogP contribution in [0.2, 0.25) is 0 Å². The lowest BCUT2D eigenvalue weighted by Gasteiger charge is -2.38. The predicted molar refractivity (Wildman–Crippen MR) is 147 cm³/mol. The molecule has 0 saturated heterocycles. The van der Waals surface area contributed by atoms with Crippen LogP contribution in [0.3, 0.4) is 0 Å². The Balaban J connectivity index is 0.000000781. The smallest absolute Gasteiger partial charge is 0.328 e. The quantitative estimate of drug-likeness (QED) is 0.189. The van der Waals surface area contributed by atoms with Crippen LogP contribution in [0.15, 0.2) is 72.8 Å². The summed E-state index contributed by atoms with van der Waals surface area (Å²) in [4.78, 5) is 35.0. The molecule has 2 rings (SSSR count). The average molecular weight is 528 g/mol. The van der Waals surface area contributed by atoms with Crippen molar-refractivity contribution in [3.63, 3.8) is 0 Å². The number of nitrogens with zero attached hydrogens (tertiary/aromatic N) is 1. The zero-order chi connectivity index (χ0) is 28.7. The van der Waals surface area contributed by atoms with Crippen molar-refractivity contribution in [2.75, 3.05) is 13.2 Å². The predicted octanol–water partition coefficient (Wildman–Crippen LogP) is 4.99. The Hall–Kier alpha value is -3.49. The molecule has 38 heavy (non-hydrogen) atoms. The first kappa shape index (κ1) is 32.5. The van der Waals surface area contributed by atoms with Crippen LogP contribution in [0, 0.1) is 5.41 Å². The maximum absolute atomic E-state index is 13.4. The monoisotopic (exact) mass is 527 g/mol. The molecule has 0 saturated carbocycles. The molecule has 1 unspecified atom stereocenters. The van der Waals surface area contributed by atoms with Crippen LogP contribution in [0.1, 0.15) is 58.9 Å². The second-order valence-electron chi connectivity index (χ2n) is 9.78. The van der Waals surface area contributed by atoms with Gasteiger partial charge in [0.1, 0.15) is 5.75 Å². The van der Waals surface area contributed by atoms with E-state index in [1.807, 2.05) is 43.3 Å². The second kappa shape index (κ2) is 16.4. The number of carboxylic acid groups (broad SMARTS) is 2. The maximum Gasteiger partial charge on any atom is 0.328 e. The lowest BCUT2D eigenvalue weighted by Crippen LogP contribution is -2.42. The van der Waals surface area contributed by atoms with Crippen LogP contribution < -0.4 is 4.74 Å². The number of hydrogen-bond donors (Lipinski definition) is 3. The van der Waals surface area contributed by atoms with Crippen molar-refractivity contribution in [2.45, 2.75) is 65.5 Å². The van der Waals surface area contributed by atoms with E-state index in [0.29, 0.717) is 36.4 Å². The molecule has 3 N–H and O–H groups in total. The van der Waals surface area contributed by atoms with Crippen LogP contribution >= 0.6 is 0 Å². The lowest BCUT2D eigenvalue weighted by molar-refractivity contribution is -0.147. The first-order valence-corrected chi connectivity index (χ1v) is 12.7. The van der Waals surface area contributed by atoms with Gasteiger partial charge in [-0.05, 0) is 71.7 Å². The van der Waals surface area contributed by atoms with E-state index in [4.69, 9.17) is 14.9 Å². The van der Waals surface area contributed by atoms with E-state index in [-0.39, 0.29) is 18.5 Å². The normalized spacial score (nSPS) is 13.6. The third kappa shape index (κ3) is 10.9. The van der Waals surface area contributed by atoms with Gasteiger partial charge in [-0.3, -0.25) is 9.69 Å². The number of carbonyl (C=O) groups is 3. The van der Waals surface area contributed by atoms with Crippen molar-refractivity contribution < 1.29 is 34.4 Å². The summed E-state index contributed by atoms with van der Waals surface area (Å²) >= 11 is 0. The summed E-state index contributed by atoms with van der Waals surface area (Å²) in [7, 11) is 0. The number of hydrogen-bond acceptors (Lipinski definition) is 6. The Morgan fingerprint density at radius 1 is 0.868 bits per heavy atom. The Labute approximate surface area is 225 Å². The van der Waals surface area contributed by atoms with Gasteiger partial charge in [-0.25, -0.2) is 9.59 Å². The minimum absolute atomic E-state index is 0.0675. The van der Waals surface area contributed by atoms with Crippen LogP contribution in [0.5, 0.6) is 5.75 Å². The van der Waals surface area contributed by atoms with E-state index >= 15 is 0 Å². The number of carbonyl (C=O) groups excluding carboxylic acids is 1. The van der Waals surface area contributed by atoms with Crippen molar-refractivity contribution in [3.8, 4) is 5.75 Å². The molecule has 0 bridgehead atoms. The topological polar surface area (TPSA) is 124 Å². The minimum atomic E-state index is -1.26. The third-order valence-electron chi connectivity index (χ3n) is 6.39. The molecule has 2 aromatic carbocycles. The molecule has 0 aliphatic carbocycles. The molecule has 0 aromatic heterocycles. The van der Waals surface area contributed by atoms with E-state index in [9.17, 15) is 19.5 Å². The Bertz CT molecular complexity index is 997. The summed E-state index contributed by atoms with van der Waals surface area (Å²) in [5, 5.41) is 25.5. The zero-order valence-electron chi connectivity index (χ0n) is 22.9. The molecular formula is C30H41NO7. The van der Waals surface area contributed by atoms with Crippen LogP contribution in [-0.4, -0.2) is 63.4 Å². The van der Waals surface area contributed by atoms with E-state index in [1.54, 1.807) is 12.1 Å². The van der Waals surface area contributed by atoms with Gasteiger partial charge >= 0.3 is 17.9 Å². The zero-order valence-corrected chi connectivity index (χ0v) is 22.9. The molecule has 0 amide bonds. The Morgan fingerprint density at radius 3 is 1.76 bits per heavy atom. The number of aliphatic hydroxyl groups excluding tert-OH is 1. The van der Waals surface area contributed by atoms with Gasteiger partial charge in [0.2, 0.25) is 0 Å². The summed E-state index contributed by atoms with van der Waals surface area (Å²) in [5.41, 5.74) is 0.261. The summed E-state index contributed by atoms with van der Waals surface area (Å²) in [6.07, 6.45) is 2.27. The van der Waals surface area contributed by atoms with Crippen molar-refractivity contribution in [1.29, 1.82) is 0 Å². The molecule has 0 aliphatic rings.